The number of hydrogen-bond donors (Lipinski definition) is 0. The fourth-order valence-corrected chi connectivity index (χ4v) is 2.73. The van der Waals surface area contributed by atoms with Gasteiger partial charge >= 0.3 is 5.97 Å². The van der Waals surface area contributed by atoms with Crippen molar-refractivity contribution in [2.24, 2.45) is 5.92 Å². The lowest BCUT2D eigenvalue weighted by molar-refractivity contribution is -0.155. The summed E-state index contributed by atoms with van der Waals surface area (Å²) in [7, 11) is 3.49. The predicted molar refractivity (Wildman–Crippen MR) is 55.3 cm³/mol. The summed E-state index contributed by atoms with van der Waals surface area (Å²) in [5.74, 6) is -0.119. The molecule has 2 heterocycles. The van der Waals surface area contributed by atoms with Crippen LogP contribution >= 0.6 is 0 Å². The maximum atomic E-state index is 11.5. The topological polar surface area (TPSA) is 38.8 Å². The average Bonchev–Trinajstić information content (AvgIpc) is 2.57. The summed E-state index contributed by atoms with van der Waals surface area (Å²) in [4.78, 5) is 13.7. The molecule has 2 fully saturated rings. The largest absolute Gasteiger partial charge is 0.469 e. The minimum atomic E-state index is -0.183. The summed E-state index contributed by atoms with van der Waals surface area (Å²) in [5, 5.41) is 0. The molecule has 0 bridgehead atoms. The van der Waals surface area contributed by atoms with E-state index in [-0.39, 0.29) is 17.6 Å². The Bertz CT molecular complexity index is 248. The minimum absolute atomic E-state index is 0.0156. The normalized spacial score (nSPS) is 37.1. The first-order valence-electron chi connectivity index (χ1n) is 5.61. The van der Waals surface area contributed by atoms with Crippen LogP contribution in [0.2, 0.25) is 0 Å². The molecule has 0 aromatic rings. The van der Waals surface area contributed by atoms with Gasteiger partial charge in [0.2, 0.25) is 0 Å². The number of hydrogen-bond acceptors (Lipinski definition) is 4. The minimum Gasteiger partial charge on any atom is -0.469 e. The van der Waals surface area contributed by atoms with Crippen molar-refractivity contribution in [2.75, 3.05) is 27.3 Å². The molecule has 4 heteroatoms. The zero-order valence-corrected chi connectivity index (χ0v) is 9.49. The van der Waals surface area contributed by atoms with E-state index < -0.39 is 0 Å². The molecule has 0 amide bonds. The Labute approximate surface area is 90.5 Å². The van der Waals surface area contributed by atoms with Crippen molar-refractivity contribution in [1.82, 2.24) is 4.90 Å². The second-order valence-corrected chi connectivity index (χ2v) is 4.56. The van der Waals surface area contributed by atoms with Crippen molar-refractivity contribution in [3.63, 3.8) is 0 Å². The molecule has 0 radical (unpaired) electrons. The molecule has 15 heavy (non-hydrogen) atoms. The highest BCUT2D eigenvalue weighted by Crippen LogP contribution is 2.39. The highest BCUT2D eigenvalue weighted by atomic mass is 16.5. The number of nitrogens with zero attached hydrogens (tertiary/aromatic N) is 1. The van der Waals surface area contributed by atoms with Crippen LogP contribution in [0.15, 0.2) is 0 Å². The molecule has 2 saturated heterocycles. The van der Waals surface area contributed by atoms with E-state index in [0.717, 1.165) is 32.4 Å². The number of esters is 1. The van der Waals surface area contributed by atoms with E-state index in [9.17, 15) is 4.79 Å². The van der Waals surface area contributed by atoms with Gasteiger partial charge in [0.1, 0.15) is 5.72 Å². The maximum Gasteiger partial charge on any atom is 0.310 e. The van der Waals surface area contributed by atoms with Gasteiger partial charge in [0, 0.05) is 19.6 Å². The number of likely N-dealkylation sites (tertiary alicyclic amines) is 1. The van der Waals surface area contributed by atoms with Gasteiger partial charge in [-0.2, -0.15) is 0 Å². The number of methoxy groups -OCH3 is 1. The Kier molecular flexibility index (Phi) is 2.98. The molecule has 0 aliphatic carbocycles. The third kappa shape index (κ3) is 1.88. The Hall–Kier alpha value is -0.610. The quantitative estimate of drug-likeness (QED) is 0.609. The summed E-state index contributed by atoms with van der Waals surface area (Å²) in [5.41, 5.74) is -0.183. The number of carbonyl (C=O) groups excluding carboxylic acids is 1. The summed E-state index contributed by atoms with van der Waals surface area (Å²) >= 11 is 0. The number of carbonyl (C=O) groups is 1. The summed E-state index contributed by atoms with van der Waals surface area (Å²) in [6, 6.07) is 0. The zero-order chi connectivity index (χ0) is 10.9. The lowest BCUT2D eigenvalue weighted by Gasteiger charge is -2.39. The van der Waals surface area contributed by atoms with Crippen LogP contribution in [0.1, 0.15) is 25.7 Å². The summed E-state index contributed by atoms with van der Waals surface area (Å²) in [6.07, 6.45) is 4.16. The molecule has 4 nitrogen and oxygen atoms in total. The highest BCUT2D eigenvalue weighted by Gasteiger charge is 2.48. The lowest BCUT2D eigenvalue weighted by Crippen LogP contribution is -2.46. The van der Waals surface area contributed by atoms with Gasteiger partial charge in [-0.1, -0.05) is 0 Å². The number of ether oxygens (including phenoxy) is 2. The molecule has 0 aromatic heterocycles. The Morgan fingerprint density at radius 2 is 2.33 bits per heavy atom. The number of rotatable bonds is 1. The van der Waals surface area contributed by atoms with Crippen LogP contribution in [-0.4, -0.2) is 43.9 Å². The average molecular weight is 213 g/mol. The van der Waals surface area contributed by atoms with E-state index >= 15 is 0 Å². The monoisotopic (exact) mass is 213 g/mol. The van der Waals surface area contributed by atoms with Crippen LogP contribution in [0, 0.1) is 5.92 Å². The third-order valence-electron chi connectivity index (χ3n) is 3.62. The second kappa shape index (κ2) is 4.10. The second-order valence-electron chi connectivity index (χ2n) is 4.56. The van der Waals surface area contributed by atoms with Gasteiger partial charge in [0.15, 0.2) is 0 Å². The van der Waals surface area contributed by atoms with Gasteiger partial charge in [0.05, 0.1) is 13.0 Å². The molecular formula is C11H19NO3. The fourth-order valence-electron chi connectivity index (χ4n) is 2.73. The Morgan fingerprint density at radius 3 is 2.93 bits per heavy atom. The third-order valence-corrected chi connectivity index (χ3v) is 3.62. The fraction of sp³-hybridized carbons (Fsp3) is 0.909. The Balaban J connectivity index is 2.05. The molecular weight excluding hydrogens is 194 g/mol. The first-order valence-corrected chi connectivity index (χ1v) is 5.61. The van der Waals surface area contributed by atoms with Crippen molar-refractivity contribution in [1.29, 1.82) is 0 Å². The first-order chi connectivity index (χ1) is 7.18. The predicted octanol–water partition coefficient (Wildman–Crippen LogP) is 1.01. The molecule has 0 N–H and O–H groups in total. The Morgan fingerprint density at radius 1 is 1.53 bits per heavy atom. The molecule has 1 unspecified atom stereocenters. The molecule has 1 spiro atoms. The van der Waals surface area contributed by atoms with E-state index in [4.69, 9.17) is 9.47 Å². The van der Waals surface area contributed by atoms with Crippen LogP contribution in [-0.2, 0) is 14.3 Å². The van der Waals surface area contributed by atoms with Crippen molar-refractivity contribution in [3.05, 3.63) is 0 Å². The molecule has 86 valence electrons. The van der Waals surface area contributed by atoms with Crippen molar-refractivity contribution < 1.29 is 14.3 Å². The molecule has 2 aliphatic rings. The molecule has 0 aromatic carbocycles. The van der Waals surface area contributed by atoms with Gasteiger partial charge < -0.3 is 9.47 Å². The van der Waals surface area contributed by atoms with Gasteiger partial charge in [-0.3, -0.25) is 9.69 Å². The standard InChI is InChI=1S/C11H19NO3/c1-12-8-9(10(13)14-2)7-11(12)5-3-4-6-15-11/h9H,3-8H2,1-2H3/t9?,11-/m1/s1. The van der Waals surface area contributed by atoms with Crippen LogP contribution < -0.4 is 0 Å². The maximum absolute atomic E-state index is 11.5. The molecule has 2 rings (SSSR count). The van der Waals surface area contributed by atoms with Gasteiger partial charge in [-0.15, -0.1) is 0 Å². The van der Waals surface area contributed by atoms with E-state index in [1.807, 2.05) is 7.05 Å². The van der Waals surface area contributed by atoms with E-state index in [1.165, 1.54) is 13.5 Å². The van der Waals surface area contributed by atoms with Crippen LogP contribution in [0.4, 0.5) is 0 Å². The van der Waals surface area contributed by atoms with Gasteiger partial charge in [-0.05, 0) is 26.3 Å². The van der Waals surface area contributed by atoms with Gasteiger partial charge in [-0.25, -0.2) is 0 Å². The van der Waals surface area contributed by atoms with Crippen LogP contribution in [0.5, 0.6) is 0 Å². The van der Waals surface area contributed by atoms with E-state index in [0.29, 0.717) is 0 Å². The lowest BCUT2D eigenvalue weighted by atomic mass is 9.96. The molecule has 0 saturated carbocycles. The van der Waals surface area contributed by atoms with Crippen LogP contribution in [0.3, 0.4) is 0 Å². The van der Waals surface area contributed by atoms with E-state index in [2.05, 4.69) is 4.90 Å². The molecule has 2 atom stereocenters. The van der Waals surface area contributed by atoms with Crippen molar-refractivity contribution >= 4 is 5.97 Å². The van der Waals surface area contributed by atoms with Crippen molar-refractivity contribution in [3.8, 4) is 0 Å². The summed E-state index contributed by atoms with van der Waals surface area (Å²) in [6.45, 7) is 1.57. The highest BCUT2D eigenvalue weighted by molar-refractivity contribution is 5.73. The smallest absolute Gasteiger partial charge is 0.310 e. The van der Waals surface area contributed by atoms with E-state index in [1.54, 1.807) is 0 Å². The SMILES string of the molecule is COC(=O)C1CN(C)[C@@]2(CCCCO2)C1. The summed E-state index contributed by atoms with van der Waals surface area (Å²) < 4.78 is 10.7. The van der Waals surface area contributed by atoms with Crippen molar-refractivity contribution in [2.45, 2.75) is 31.4 Å². The zero-order valence-electron chi connectivity index (χ0n) is 9.49. The first kappa shape index (κ1) is 10.9. The molecule has 2 aliphatic heterocycles. The van der Waals surface area contributed by atoms with Gasteiger partial charge in [0.25, 0.3) is 0 Å². The van der Waals surface area contributed by atoms with Crippen LogP contribution in [0.25, 0.3) is 0 Å².